The average Bonchev–Trinajstić information content (AvgIpc) is 2.32. The molecule has 3 heteroatoms. The summed E-state index contributed by atoms with van der Waals surface area (Å²) in [6.07, 6.45) is 2.94. The molecule has 2 saturated heterocycles. The number of ether oxygens (including phenoxy) is 3. The second kappa shape index (κ2) is 3.09. The first-order valence-electron chi connectivity index (χ1n) is 4.27. The summed E-state index contributed by atoms with van der Waals surface area (Å²) >= 11 is 0. The van der Waals surface area contributed by atoms with E-state index in [4.69, 9.17) is 14.2 Å². The monoisotopic (exact) mass is 158 g/mol. The zero-order valence-electron chi connectivity index (χ0n) is 6.67. The van der Waals surface area contributed by atoms with E-state index in [-0.39, 0.29) is 5.79 Å². The van der Waals surface area contributed by atoms with E-state index >= 15 is 0 Å². The highest BCUT2D eigenvalue weighted by Crippen LogP contribution is 2.30. The summed E-state index contributed by atoms with van der Waals surface area (Å²) in [7, 11) is 0. The van der Waals surface area contributed by atoms with E-state index in [0.29, 0.717) is 0 Å². The van der Waals surface area contributed by atoms with Gasteiger partial charge in [0.05, 0.1) is 19.8 Å². The van der Waals surface area contributed by atoms with E-state index in [1.54, 1.807) is 0 Å². The van der Waals surface area contributed by atoms with Gasteiger partial charge in [-0.25, -0.2) is 0 Å². The molecule has 0 unspecified atom stereocenters. The Morgan fingerprint density at radius 3 is 2.45 bits per heavy atom. The topological polar surface area (TPSA) is 27.7 Å². The van der Waals surface area contributed by atoms with E-state index in [0.717, 1.165) is 45.7 Å². The molecule has 2 heterocycles. The van der Waals surface area contributed by atoms with Gasteiger partial charge < -0.3 is 14.2 Å². The minimum Gasteiger partial charge on any atom is -0.381 e. The SMILES string of the molecule is C1COCCC2(C1)OCCO2. The minimum atomic E-state index is -0.267. The summed E-state index contributed by atoms with van der Waals surface area (Å²) in [5.74, 6) is -0.267. The van der Waals surface area contributed by atoms with Crippen molar-refractivity contribution in [3.63, 3.8) is 0 Å². The molecule has 0 bridgehead atoms. The fraction of sp³-hybridized carbons (Fsp3) is 1.00. The van der Waals surface area contributed by atoms with E-state index in [1.165, 1.54) is 0 Å². The molecule has 0 aliphatic carbocycles. The zero-order chi connectivity index (χ0) is 7.57. The second-order valence-corrected chi connectivity index (χ2v) is 3.07. The van der Waals surface area contributed by atoms with E-state index in [1.807, 2.05) is 0 Å². The third-order valence-electron chi connectivity index (χ3n) is 2.29. The summed E-state index contributed by atoms with van der Waals surface area (Å²) in [4.78, 5) is 0. The fourth-order valence-electron chi connectivity index (χ4n) is 1.68. The number of rotatable bonds is 0. The van der Waals surface area contributed by atoms with Crippen LogP contribution in [0.1, 0.15) is 19.3 Å². The maximum atomic E-state index is 5.56. The highest BCUT2D eigenvalue weighted by atomic mass is 16.7. The van der Waals surface area contributed by atoms with Crippen LogP contribution in [0.2, 0.25) is 0 Å². The molecule has 0 aromatic carbocycles. The highest BCUT2D eigenvalue weighted by Gasteiger charge is 2.36. The van der Waals surface area contributed by atoms with Crippen LogP contribution in [0.3, 0.4) is 0 Å². The molecule has 1 spiro atoms. The predicted molar refractivity (Wildman–Crippen MR) is 39.3 cm³/mol. The van der Waals surface area contributed by atoms with Gasteiger partial charge in [0.2, 0.25) is 0 Å². The maximum Gasteiger partial charge on any atom is 0.170 e. The molecular weight excluding hydrogens is 144 g/mol. The minimum absolute atomic E-state index is 0.267. The quantitative estimate of drug-likeness (QED) is 0.525. The Kier molecular flexibility index (Phi) is 2.11. The predicted octanol–water partition coefficient (Wildman–Crippen LogP) is 0.930. The van der Waals surface area contributed by atoms with Crippen LogP contribution in [0, 0.1) is 0 Å². The smallest absolute Gasteiger partial charge is 0.170 e. The first-order chi connectivity index (χ1) is 5.41. The van der Waals surface area contributed by atoms with Gasteiger partial charge in [0, 0.05) is 19.4 Å². The lowest BCUT2D eigenvalue weighted by Crippen LogP contribution is -2.30. The largest absolute Gasteiger partial charge is 0.381 e. The first kappa shape index (κ1) is 7.53. The van der Waals surface area contributed by atoms with Gasteiger partial charge in [-0.2, -0.15) is 0 Å². The molecule has 0 amide bonds. The van der Waals surface area contributed by atoms with Crippen molar-refractivity contribution in [3.05, 3.63) is 0 Å². The standard InChI is InChI=1S/C8H14O3/c1-2-8(3-5-9-4-1)10-6-7-11-8/h1-7H2. The third kappa shape index (κ3) is 1.55. The molecule has 11 heavy (non-hydrogen) atoms. The average molecular weight is 158 g/mol. The summed E-state index contributed by atoms with van der Waals surface area (Å²) < 4.78 is 16.4. The molecule has 0 radical (unpaired) electrons. The lowest BCUT2D eigenvalue weighted by molar-refractivity contribution is -0.165. The van der Waals surface area contributed by atoms with Crippen molar-refractivity contribution in [3.8, 4) is 0 Å². The van der Waals surface area contributed by atoms with Crippen LogP contribution in [0.15, 0.2) is 0 Å². The number of hydrogen-bond acceptors (Lipinski definition) is 3. The maximum absolute atomic E-state index is 5.56. The lowest BCUT2D eigenvalue weighted by atomic mass is 10.1. The molecule has 0 aromatic heterocycles. The summed E-state index contributed by atoms with van der Waals surface area (Å²) in [5.41, 5.74) is 0. The molecule has 2 rings (SSSR count). The van der Waals surface area contributed by atoms with Gasteiger partial charge in [-0.3, -0.25) is 0 Å². The molecule has 64 valence electrons. The van der Waals surface area contributed by atoms with Gasteiger partial charge in [0.25, 0.3) is 0 Å². The molecule has 0 saturated carbocycles. The Labute approximate surface area is 66.6 Å². The third-order valence-corrected chi connectivity index (χ3v) is 2.29. The van der Waals surface area contributed by atoms with Crippen LogP contribution in [0.5, 0.6) is 0 Å². The molecule has 0 atom stereocenters. The molecule has 0 N–H and O–H groups in total. The Balaban J connectivity index is 1.97. The second-order valence-electron chi connectivity index (χ2n) is 3.07. The van der Waals surface area contributed by atoms with Gasteiger partial charge >= 0.3 is 0 Å². The van der Waals surface area contributed by atoms with Crippen molar-refractivity contribution >= 4 is 0 Å². The molecule has 2 aliphatic heterocycles. The van der Waals surface area contributed by atoms with Crippen molar-refractivity contribution in [1.29, 1.82) is 0 Å². The summed E-state index contributed by atoms with van der Waals surface area (Å²) in [6, 6.07) is 0. The van der Waals surface area contributed by atoms with Gasteiger partial charge in [-0.15, -0.1) is 0 Å². The fourth-order valence-corrected chi connectivity index (χ4v) is 1.68. The van der Waals surface area contributed by atoms with Crippen LogP contribution < -0.4 is 0 Å². The van der Waals surface area contributed by atoms with E-state index in [2.05, 4.69) is 0 Å². The highest BCUT2D eigenvalue weighted by molar-refractivity contribution is 4.75. The van der Waals surface area contributed by atoms with Crippen molar-refractivity contribution in [1.82, 2.24) is 0 Å². The lowest BCUT2D eigenvalue weighted by Gasteiger charge is -2.24. The van der Waals surface area contributed by atoms with Gasteiger partial charge in [-0.1, -0.05) is 0 Å². The number of hydrogen-bond donors (Lipinski definition) is 0. The summed E-state index contributed by atoms with van der Waals surface area (Å²) in [5, 5.41) is 0. The normalized spacial score (nSPS) is 30.5. The van der Waals surface area contributed by atoms with Crippen molar-refractivity contribution in [2.24, 2.45) is 0 Å². The van der Waals surface area contributed by atoms with E-state index in [9.17, 15) is 0 Å². The molecule has 2 fully saturated rings. The molecule has 2 aliphatic rings. The van der Waals surface area contributed by atoms with Gasteiger partial charge in [0.15, 0.2) is 5.79 Å². The van der Waals surface area contributed by atoms with Crippen LogP contribution >= 0.6 is 0 Å². The Morgan fingerprint density at radius 2 is 1.64 bits per heavy atom. The first-order valence-corrected chi connectivity index (χ1v) is 4.27. The Bertz CT molecular complexity index is 119. The Morgan fingerprint density at radius 1 is 0.818 bits per heavy atom. The van der Waals surface area contributed by atoms with E-state index < -0.39 is 0 Å². The van der Waals surface area contributed by atoms with Crippen LogP contribution in [0.25, 0.3) is 0 Å². The molecule has 3 nitrogen and oxygen atoms in total. The van der Waals surface area contributed by atoms with Crippen LogP contribution in [-0.2, 0) is 14.2 Å². The van der Waals surface area contributed by atoms with Crippen molar-refractivity contribution in [2.75, 3.05) is 26.4 Å². The summed E-state index contributed by atoms with van der Waals surface area (Å²) in [6.45, 7) is 3.13. The zero-order valence-corrected chi connectivity index (χ0v) is 6.67. The van der Waals surface area contributed by atoms with Crippen LogP contribution in [-0.4, -0.2) is 32.2 Å². The van der Waals surface area contributed by atoms with Gasteiger partial charge in [0.1, 0.15) is 0 Å². The van der Waals surface area contributed by atoms with Gasteiger partial charge in [-0.05, 0) is 6.42 Å². The Hall–Kier alpha value is -0.120. The van der Waals surface area contributed by atoms with Crippen molar-refractivity contribution < 1.29 is 14.2 Å². The molecular formula is C8H14O3. The van der Waals surface area contributed by atoms with Crippen LogP contribution in [0.4, 0.5) is 0 Å². The molecule has 0 aromatic rings. The van der Waals surface area contributed by atoms with Crippen molar-refractivity contribution in [2.45, 2.75) is 25.0 Å².